The van der Waals surface area contributed by atoms with Gasteiger partial charge in [0.15, 0.2) is 0 Å². The summed E-state index contributed by atoms with van der Waals surface area (Å²) in [5.41, 5.74) is 0. The highest BCUT2D eigenvalue weighted by Crippen LogP contribution is 2.40. The van der Waals surface area contributed by atoms with Crippen LogP contribution in [-0.2, 0) is 14.4 Å². The number of amides is 2. The summed E-state index contributed by atoms with van der Waals surface area (Å²) in [6.07, 6.45) is 1.79. The molecule has 2 aliphatic rings. The maximum atomic E-state index is 12.0. The van der Waals surface area contributed by atoms with Crippen molar-refractivity contribution in [3.63, 3.8) is 0 Å². The number of carbonyl (C=O) groups excluding carboxylic acids is 2. The topological polar surface area (TPSA) is 86.7 Å². The molecule has 6 nitrogen and oxygen atoms in total. The van der Waals surface area contributed by atoms with Crippen LogP contribution < -0.4 is 5.32 Å². The van der Waals surface area contributed by atoms with Gasteiger partial charge >= 0.3 is 5.97 Å². The van der Waals surface area contributed by atoms with Crippen molar-refractivity contribution in [2.24, 2.45) is 17.8 Å². The van der Waals surface area contributed by atoms with Crippen LogP contribution in [0.25, 0.3) is 0 Å². The second-order valence-corrected chi connectivity index (χ2v) is 5.00. The highest BCUT2D eigenvalue weighted by molar-refractivity contribution is 5.89. The van der Waals surface area contributed by atoms with Gasteiger partial charge < -0.3 is 15.3 Å². The number of carbonyl (C=O) groups is 3. The van der Waals surface area contributed by atoms with Gasteiger partial charge in [-0.2, -0.15) is 0 Å². The largest absolute Gasteiger partial charge is 0.481 e. The summed E-state index contributed by atoms with van der Waals surface area (Å²) in [6.45, 7) is 1.11. The van der Waals surface area contributed by atoms with Crippen LogP contribution in [0, 0.1) is 17.8 Å². The van der Waals surface area contributed by atoms with Gasteiger partial charge in [-0.05, 0) is 19.3 Å². The predicted molar refractivity (Wildman–Crippen MR) is 62.6 cm³/mol. The maximum Gasteiger partial charge on any atom is 0.307 e. The first-order chi connectivity index (χ1) is 8.54. The fourth-order valence-corrected chi connectivity index (χ4v) is 2.54. The van der Waals surface area contributed by atoms with Crippen molar-refractivity contribution >= 4 is 17.8 Å². The molecule has 2 rings (SSSR count). The lowest BCUT2D eigenvalue weighted by atomic mass is 9.95. The number of nitrogens with zero attached hydrogens (tertiary/aromatic N) is 1. The van der Waals surface area contributed by atoms with E-state index in [1.807, 2.05) is 0 Å². The van der Waals surface area contributed by atoms with E-state index in [-0.39, 0.29) is 23.7 Å². The van der Waals surface area contributed by atoms with E-state index in [0.717, 1.165) is 0 Å². The van der Waals surface area contributed by atoms with Gasteiger partial charge in [0, 0.05) is 26.1 Å². The third kappa shape index (κ3) is 2.47. The molecule has 2 fully saturated rings. The SMILES string of the molecule is CNC(=O)C1CCN(C(=O)C2CC2C(=O)O)CC1. The van der Waals surface area contributed by atoms with E-state index in [4.69, 9.17) is 5.11 Å². The Balaban J connectivity index is 1.82. The van der Waals surface area contributed by atoms with Gasteiger partial charge in [-0.3, -0.25) is 14.4 Å². The molecule has 1 aliphatic carbocycles. The van der Waals surface area contributed by atoms with E-state index in [1.54, 1.807) is 11.9 Å². The van der Waals surface area contributed by atoms with Crippen LogP contribution in [0.4, 0.5) is 0 Å². The number of hydrogen-bond donors (Lipinski definition) is 2. The van der Waals surface area contributed by atoms with Crippen molar-refractivity contribution in [2.75, 3.05) is 20.1 Å². The van der Waals surface area contributed by atoms with Crippen molar-refractivity contribution in [2.45, 2.75) is 19.3 Å². The number of piperidine rings is 1. The van der Waals surface area contributed by atoms with Crippen molar-refractivity contribution in [1.29, 1.82) is 0 Å². The Labute approximate surface area is 105 Å². The lowest BCUT2D eigenvalue weighted by Crippen LogP contribution is -2.43. The average molecular weight is 254 g/mol. The molecule has 100 valence electrons. The average Bonchev–Trinajstić information content (AvgIpc) is 3.17. The molecule has 1 heterocycles. The first kappa shape index (κ1) is 12.9. The Kier molecular flexibility index (Phi) is 3.54. The van der Waals surface area contributed by atoms with Gasteiger partial charge in [0.1, 0.15) is 0 Å². The summed E-state index contributed by atoms with van der Waals surface area (Å²) in [5.74, 6) is -1.76. The molecule has 0 aromatic heterocycles. The number of carboxylic acid groups (broad SMARTS) is 1. The van der Waals surface area contributed by atoms with Gasteiger partial charge in [0.25, 0.3) is 0 Å². The number of aliphatic carboxylic acids is 1. The highest BCUT2D eigenvalue weighted by atomic mass is 16.4. The number of carboxylic acids is 1. The molecule has 2 unspecified atom stereocenters. The monoisotopic (exact) mass is 254 g/mol. The molecule has 1 aliphatic heterocycles. The van der Waals surface area contributed by atoms with Crippen LogP contribution >= 0.6 is 0 Å². The van der Waals surface area contributed by atoms with E-state index in [1.165, 1.54) is 0 Å². The molecule has 0 bridgehead atoms. The zero-order chi connectivity index (χ0) is 13.3. The highest BCUT2D eigenvalue weighted by Gasteiger charge is 2.50. The van der Waals surface area contributed by atoms with Gasteiger partial charge in [0.05, 0.1) is 11.8 Å². The summed E-state index contributed by atoms with van der Waals surface area (Å²) in [6, 6.07) is 0. The van der Waals surface area contributed by atoms with E-state index in [2.05, 4.69) is 5.32 Å². The summed E-state index contributed by atoms with van der Waals surface area (Å²) >= 11 is 0. The minimum absolute atomic E-state index is 0.0199. The minimum atomic E-state index is -0.881. The summed E-state index contributed by atoms with van der Waals surface area (Å²) < 4.78 is 0. The molecule has 1 saturated carbocycles. The Morgan fingerprint density at radius 3 is 2.22 bits per heavy atom. The zero-order valence-electron chi connectivity index (χ0n) is 10.4. The molecule has 2 atom stereocenters. The standard InChI is InChI=1S/C12H18N2O4/c1-13-10(15)7-2-4-14(5-3-7)11(16)8-6-9(8)12(17)18/h7-9H,2-6H2,1H3,(H,13,15)(H,17,18). The fourth-order valence-electron chi connectivity index (χ4n) is 2.54. The molecular weight excluding hydrogens is 236 g/mol. The Morgan fingerprint density at radius 2 is 1.78 bits per heavy atom. The predicted octanol–water partition coefficient (Wildman–Crippen LogP) is -0.308. The third-order valence-electron chi connectivity index (χ3n) is 3.85. The van der Waals surface area contributed by atoms with Crippen LogP contribution in [0.15, 0.2) is 0 Å². The molecule has 18 heavy (non-hydrogen) atoms. The number of rotatable bonds is 3. The second kappa shape index (κ2) is 4.96. The summed E-state index contributed by atoms with van der Waals surface area (Å²) in [7, 11) is 1.61. The smallest absolute Gasteiger partial charge is 0.307 e. The van der Waals surface area contributed by atoms with Crippen molar-refractivity contribution < 1.29 is 19.5 Å². The normalized spacial score (nSPS) is 27.7. The Hall–Kier alpha value is -1.59. The molecule has 2 amide bonds. The molecule has 2 N–H and O–H groups in total. The lowest BCUT2D eigenvalue weighted by molar-refractivity contribution is -0.142. The van der Waals surface area contributed by atoms with Crippen LogP contribution in [0.2, 0.25) is 0 Å². The maximum absolute atomic E-state index is 12.0. The minimum Gasteiger partial charge on any atom is -0.481 e. The Bertz CT molecular complexity index is 374. The van der Waals surface area contributed by atoms with Crippen molar-refractivity contribution in [1.82, 2.24) is 10.2 Å². The summed E-state index contributed by atoms with van der Waals surface area (Å²) in [4.78, 5) is 35.8. The first-order valence-electron chi connectivity index (χ1n) is 6.27. The van der Waals surface area contributed by atoms with Gasteiger partial charge in [-0.15, -0.1) is 0 Å². The van der Waals surface area contributed by atoms with Gasteiger partial charge in [0.2, 0.25) is 11.8 Å². The molecular formula is C12H18N2O4. The van der Waals surface area contributed by atoms with Crippen LogP contribution in [0.3, 0.4) is 0 Å². The zero-order valence-corrected chi connectivity index (χ0v) is 10.4. The van der Waals surface area contributed by atoms with E-state index in [0.29, 0.717) is 32.4 Å². The molecule has 0 spiro atoms. The number of nitrogens with one attached hydrogen (secondary N) is 1. The third-order valence-corrected chi connectivity index (χ3v) is 3.85. The van der Waals surface area contributed by atoms with E-state index in [9.17, 15) is 14.4 Å². The molecule has 1 saturated heterocycles. The van der Waals surface area contributed by atoms with Crippen LogP contribution in [0.5, 0.6) is 0 Å². The molecule has 6 heteroatoms. The number of likely N-dealkylation sites (tertiary alicyclic amines) is 1. The molecule has 0 radical (unpaired) electrons. The quantitative estimate of drug-likeness (QED) is 0.723. The molecule has 0 aromatic carbocycles. The Morgan fingerprint density at radius 1 is 1.17 bits per heavy atom. The second-order valence-electron chi connectivity index (χ2n) is 5.00. The molecule has 0 aromatic rings. The van der Waals surface area contributed by atoms with Gasteiger partial charge in [-0.25, -0.2) is 0 Å². The van der Waals surface area contributed by atoms with E-state index >= 15 is 0 Å². The van der Waals surface area contributed by atoms with Crippen molar-refractivity contribution in [3.8, 4) is 0 Å². The first-order valence-corrected chi connectivity index (χ1v) is 6.27. The van der Waals surface area contributed by atoms with E-state index < -0.39 is 11.9 Å². The summed E-state index contributed by atoms with van der Waals surface area (Å²) in [5, 5.41) is 11.4. The lowest BCUT2D eigenvalue weighted by Gasteiger charge is -2.31. The number of hydrogen-bond acceptors (Lipinski definition) is 3. The fraction of sp³-hybridized carbons (Fsp3) is 0.750. The van der Waals surface area contributed by atoms with Crippen LogP contribution in [0.1, 0.15) is 19.3 Å². The van der Waals surface area contributed by atoms with Crippen molar-refractivity contribution in [3.05, 3.63) is 0 Å². The van der Waals surface area contributed by atoms with Gasteiger partial charge in [-0.1, -0.05) is 0 Å². The van der Waals surface area contributed by atoms with Crippen LogP contribution in [-0.4, -0.2) is 47.9 Å².